The van der Waals surface area contributed by atoms with Gasteiger partial charge in [-0.2, -0.15) is 0 Å². The third kappa shape index (κ3) is 2.93. The summed E-state index contributed by atoms with van der Waals surface area (Å²) in [5, 5.41) is 14.1. The molecule has 1 amide bonds. The van der Waals surface area contributed by atoms with Gasteiger partial charge in [-0.15, -0.1) is 0 Å². The van der Waals surface area contributed by atoms with Crippen molar-refractivity contribution in [3.8, 4) is 0 Å². The first-order chi connectivity index (χ1) is 10.5. The Labute approximate surface area is 134 Å². The number of rotatable bonds is 3. The van der Waals surface area contributed by atoms with Crippen molar-refractivity contribution in [2.24, 2.45) is 17.3 Å². The third-order valence-electron chi connectivity index (χ3n) is 6.91. The molecule has 5 aliphatic carbocycles. The molecule has 0 heterocycles. The van der Waals surface area contributed by atoms with E-state index in [0.29, 0.717) is 24.3 Å². The Hall–Kier alpha value is -0.570. The third-order valence-corrected chi connectivity index (χ3v) is 6.91. The second-order valence-electron chi connectivity index (χ2n) is 9.12. The first-order valence-electron chi connectivity index (χ1n) is 9.56. The first-order valence-corrected chi connectivity index (χ1v) is 9.56. The van der Waals surface area contributed by atoms with E-state index in [1.54, 1.807) is 0 Å². The summed E-state index contributed by atoms with van der Waals surface area (Å²) < 4.78 is 0. The molecule has 4 bridgehead atoms. The fourth-order valence-corrected chi connectivity index (χ4v) is 6.65. The lowest BCUT2D eigenvalue weighted by Crippen LogP contribution is -2.56. The minimum atomic E-state index is -0.438. The molecular weight excluding hydrogens is 274 g/mol. The Kier molecular flexibility index (Phi) is 3.75. The number of carbonyl (C=O) groups excluding carboxylic acids is 1. The maximum absolute atomic E-state index is 12.6. The number of hydrogen-bond donors (Lipinski definition) is 2. The van der Waals surface area contributed by atoms with E-state index in [-0.39, 0.29) is 11.3 Å². The molecule has 5 fully saturated rings. The molecule has 0 spiro atoms. The summed E-state index contributed by atoms with van der Waals surface area (Å²) in [4.78, 5) is 12.6. The molecule has 2 N–H and O–H groups in total. The Bertz CT molecular complexity index is 425. The average molecular weight is 305 g/mol. The summed E-state index contributed by atoms with van der Waals surface area (Å²) >= 11 is 0. The van der Waals surface area contributed by atoms with Crippen molar-refractivity contribution in [1.29, 1.82) is 0 Å². The molecule has 0 saturated heterocycles. The monoisotopic (exact) mass is 305 g/mol. The van der Waals surface area contributed by atoms with Gasteiger partial charge in [0.25, 0.3) is 0 Å². The van der Waals surface area contributed by atoms with Gasteiger partial charge in [0, 0.05) is 12.5 Å². The van der Waals surface area contributed by atoms with Gasteiger partial charge in [-0.1, -0.05) is 25.7 Å². The molecule has 124 valence electrons. The maximum atomic E-state index is 12.6. The average Bonchev–Trinajstić information content (AvgIpc) is 2.63. The highest BCUT2D eigenvalue weighted by atomic mass is 16.3. The van der Waals surface area contributed by atoms with Gasteiger partial charge in [0.2, 0.25) is 5.91 Å². The largest absolute Gasteiger partial charge is 0.390 e. The molecule has 0 aromatic rings. The van der Waals surface area contributed by atoms with Crippen molar-refractivity contribution < 1.29 is 9.90 Å². The molecule has 5 saturated carbocycles. The van der Waals surface area contributed by atoms with Crippen LogP contribution in [0.1, 0.15) is 83.5 Å². The van der Waals surface area contributed by atoms with Crippen molar-refractivity contribution in [2.75, 3.05) is 0 Å². The standard InChI is InChI=1S/C19H31NO2/c21-17(20-16-5-3-1-2-4-6-16)12-18-8-14-7-15(9-18)11-19(22,10-14)13-18/h14-16,22H,1-13H2,(H,20,21)/t14-,15-,18?,19?/m0/s1. The predicted molar refractivity (Wildman–Crippen MR) is 86.3 cm³/mol. The van der Waals surface area contributed by atoms with E-state index >= 15 is 0 Å². The van der Waals surface area contributed by atoms with Crippen molar-refractivity contribution >= 4 is 5.91 Å². The molecule has 0 unspecified atom stereocenters. The quantitative estimate of drug-likeness (QED) is 0.783. The van der Waals surface area contributed by atoms with Crippen molar-refractivity contribution in [3.05, 3.63) is 0 Å². The maximum Gasteiger partial charge on any atom is 0.220 e. The van der Waals surface area contributed by atoms with E-state index in [4.69, 9.17) is 0 Å². The van der Waals surface area contributed by atoms with Crippen LogP contribution in [0.4, 0.5) is 0 Å². The van der Waals surface area contributed by atoms with E-state index in [2.05, 4.69) is 5.32 Å². The van der Waals surface area contributed by atoms with E-state index in [1.165, 1.54) is 44.9 Å². The van der Waals surface area contributed by atoms with Gasteiger partial charge < -0.3 is 10.4 Å². The van der Waals surface area contributed by atoms with Crippen molar-refractivity contribution in [3.63, 3.8) is 0 Å². The predicted octanol–water partition coefficient (Wildman–Crippen LogP) is 3.55. The van der Waals surface area contributed by atoms with Gasteiger partial charge in [-0.25, -0.2) is 0 Å². The zero-order chi connectivity index (χ0) is 15.2. The smallest absolute Gasteiger partial charge is 0.220 e. The zero-order valence-electron chi connectivity index (χ0n) is 13.8. The molecule has 5 aliphatic rings. The molecular formula is C19H31NO2. The summed E-state index contributed by atoms with van der Waals surface area (Å²) in [6.07, 6.45) is 14.7. The fourth-order valence-electron chi connectivity index (χ4n) is 6.65. The van der Waals surface area contributed by atoms with Gasteiger partial charge in [0.05, 0.1) is 5.60 Å². The molecule has 3 nitrogen and oxygen atoms in total. The summed E-state index contributed by atoms with van der Waals surface area (Å²) in [6.45, 7) is 0. The van der Waals surface area contributed by atoms with Gasteiger partial charge in [0.15, 0.2) is 0 Å². The van der Waals surface area contributed by atoms with Crippen LogP contribution in [0, 0.1) is 17.3 Å². The lowest BCUT2D eigenvalue weighted by molar-refractivity contribution is -0.169. The van der Waals surface area contributed by atoms with Gasteiger partial charge in [-0.3, -0.25) is 4.79 Å². The highest BCUT2D eigenvalue weighted by molar-refractivity contribution is 5.77. The number of carbonyl (C=O) groups is 1. The summed E-state index contributed by atoms with van der Waals surface area (Å²) in [5.74, 6) is 1.62. The highest BCUT2D eigenvalue weighted by Crippen LogP contribution is 2.62. The fraction of sp³-hybridized carbons (Fsp3) is 0.947. The molecule has 2 atom stereocenters. The Morgan fingerprint density at radius 1 is 1.00 bits per heavy atom. The van der Waals surface area contributed by atoms with Gasteiger partial charge in [0.1, 0.15) is 0 Å². The summed E-state index contributed by atoms with van der Waals surface area (Å²) in [5.41, 5.74) is -0.319. The Morgan fingerprint density at radius 2 is 1.64 bits per heavy atom. The number of aliphatic hydroxyl groups is 1. The molecule has 22 heavy (non-hydrogen) atoms. The SMILES string of the molecule is O=C(CC12C[C@@H]3C[C@H](CC(O)(C3)C1)C2)NC1CCCCCC1. The molecule has 3 heteroatoms. The second kappa shape index (κ2) is 5.51. The van der Waals surface area contributed by atoms with Crippen LogP contribution in [0.3, 0.4) is 0 Å². The molecule has 0 aromatic heterocycles. The van der Waals surface area contributed by atoms with Crippen molar-refractivity contribution in [2.45, 2.75) is 95.1 Å². The van der Waals surface area contributed by atoms with Crippen LogP contribution in [0.15, 0.2) is 0 Å². The second-order valence-corrected chi connectivity index (χ2v) is 9.12. The normalized spacial score (nSPS) is 44.8. The van der Waals surface area contributed by atoms with Crippen LogP contribution in [0.5, 0.6) is 0 Å². The Morgan fingerprint density at radius 3 is 2.23 bits per heavy atom. The van der Waals surface area contributed by atoms with Crippen LogP contribution >= 0.6 is 0 Å². The summed E-state index contributed by atoms with van der Waals surface area (Å²) in [6, 6.07) is 0.409. The molecule has 0 aromatic carbocycles. The molecule has 0 radical (unpaired) electrons. The number of hydrogen-bond acceptors (Lipinski definition) is 2. The van der Waals surface area contributed by atoms with E-state index in [9.17, 15) is 9.90 Å². The topological polar surface area (TPSA) is 49.3 Å². The highest BCUT2D eigenvalue weighted by Gasteiger charge is 2.57. The van der Waals surface area contributed by atoms with Crippen LogP contribution in [0.25, 0.3) is 0 Å². The zero-order valence-corrected chi connectivity index (χ0v) is 13.8. The van der Waals surface area contributed by atoms with E-state index in [0.717, 1.165) is 32.1 Å². The molecule has 0 aliphatic heterocycles. The first kappa shape index (κ1) is 15.0. The minimum Gasteiger partial charge on any atom is -0.390 e. The molecule has 5 rings (SSSR count). The minimum absolute atomic E-state index is 0.119. The van der Waals surface area contributed by atoms with Gasteiger partial charge in [-0.05, 0) is 68.6 Å². The lowest BCUT2D eigenvalue weighted by atomic mass is 9.47. The lowest BCUT2D eigenvalue weighted by Gasteiger charge is -2.60. The van der Waals surface area contributed by atoms with Crippen LogP contribution in [-0.4, -0.2) is 22.7 Å². The van der Waals surface area contributed by atoms with Gasteiger partial charge >= 0.3 is 0 Å². The number of nitrogens with one attached hydrogen (secondary N) is 1. The van der Waals surface area contributed by atoms with Crippen LogP contribution < -0.4 is 5.32 Å². The van der Waals surface area contributed by atoms with E-state index in [1.807, 2.05) is 0 Å². The summed E-state index contributed by atoms with van der Waals surface area (Å²) in [7, 11) is 0. The van der Waals surface area contributed by atoms with Crippen LogP contribution in [-0.2, 0) is 4.79 Å². The Balaban J connectivity index is 1.39. The number of amides is 1. The van der Waals surface area contributed by atoms with Crippen molar-refractivity contribution in [1.82, 2.24) is 5.32 Å². The van der Waals surface area contributed by atoms with Crippen LogP contribution in [0.2, 0.25) is 0 Å². The van der Waals surface area contributed by atoms with E-state index < -0.39 is 5.60 Å².